The molecule has 1 amide bonds. The van der Waals surface area contributed by atoms with Gasteiger partial charge in [-0.05, 0) is 23.6 Å². The maximum absolute atomic E-state index is 12.1. The second-order valence-corrected chi connectivity index (χ2v) is 6.04. The van der Waals surface area contributed by atoms with Gasteiger partial charge in [0.1, 0.15) is 18.7 Å². The van der Waals surface area contributed by atoms with E-state index in [1.165, 1.54) is 5.56 Å². The van der Waals surface area contributed by atoms with Crippen molar-refractivity contribution in [2.45, 2.75) is 26.4 Å². The molecule has 1 N–H and O–H groups in total. The quantitative estimate of drug-likeness (QED) is 0.663. The van der Waals surface area contributed by atoms with Crippen molar-refractivity contribution in [3.63, 3.8) is 0 Å². The van der Waals surface area contributed by atoms with Crippen molar-refractivity contribution in [1.29, 1.82) is 0 Å². The third kappa shape index (κ3) is 4.51. The van der Waals surface area contributed by atoms with Crippen molar-refractivity contribution in [3.8, 4) is 0 Å². The number of carbonyl (C=O) groups is 2. The zero-order valence-electron chi connectivity index (χ0n) is 14.7. The highest BCUT2D eigenvalue weighted by atomic mass is 16.5. The first kappa shape index (κ1) is 17.7. The summed E-state index contributed by atoms with van der Waals surface area (Å²) in [6, 6.07) is 15.4. The first-order valence-corrected chi connectivity index (χ1v) is 8.61. The van der Waals surface area contributed by atoms with Crippen LogP contribution in [-0.2, 0) is 33.8 Å². The predicted molar refractivity (Wildman–Crippen MR) is 98.5 cm³/mol. The van der Waals surface area contributed by atoms with Gasteiger partial charge in [0.25, 0.3) is 0 Å². The number of fused-ring (bicyclic) bond motifs is 1. The number of furan rings is 1. The molecule has 1 aromatic heterocycles. The molecule has 134 valence electrons. The Kier molecular flexibility index (Phi) is 5.69. The molecule has 26 heavy (non-hydrogen) atoms. The molecule has 0 aliphatic rings. The van der Waals surface area contributed by atoms with Gasteiger partial charge in [0.2, 0.25) is 5.91 Å². The largest absolute Gasteiger partial charge is 0.464 e. The molecule has 0 spiro atoms. The highest BCUT2D eigenvalue weighted by Crippen LogP contribution is 2.23. The lowest BCUT2D eigenvalue weighted by Crippen LogP contribution is -2.31. The predicted octanol–water partition coefficient (Wildman–Crippen LogP) is 3.40. The molecule has 0 aliphatic carbocycles. The second-order valence-electron chi connectivity index (χ2n) is 6.04. The van der Waals surface area contributed by atoms with Crippen molar-refractivity contribution in [3.05, 3.63) is 71.5 Å². The number of hydrogen-bond acceptors (Lipinski definition) is 4. The molecule has 0 radical (unpaired) electrons. The van der Waals surface area contributed by atoms with E-state index >= 15 is 0 Å². The molecule has 0 saturated carbocycles. The first-order valence-electron chi connectivity index (χ1n) is 8.61. The molecule has 0 aliphatic heterocycles. The third-order valence-electron chi connectivity index (χ3n) is 4.15. The van der Waals surface area contributed by atoms with E-state index < -0.39 is 5.97 Å². The molecular weight excluding hydrogens is 330 g/mol. The van der Waals surface area contributed by atoms with Crippen LogP contribution in [0.4, 0.5) is 0 Å². The number of esters is 1. The van der Waals surface area contributed by atoms with Crippen molar-refractivity contribution >= 4 is 22.8 Å². The number of aryl methyl sites for hydroxylation is 1. The molecule has 5 heteroatoms. The molecule has 0 atom stereocenters. The van der Waals surface area contributed by atoms with Crippen LogP contribution in [0.15, 0.2) is 59.2 Å². The normalized spacial score (nSPS) is 10.7. The molecule has 0 saturated heterocycles. The monoisotopic (exact) mass is 351 g/mol. The Morgan fingerprint density at radius 3 is 2.65 bits per heavy atom. The van der Waals surface area contributed by atoms with Gasteiger partial charge in [-0.15, -0.1) is 0 Å². The Morgan fingerprint density at radius 2 is 1.88 bits per heavy atom. The topological polar surface area (TPSA) is 68.5 Å². The SMILES string of the molecule is CCc1ccc2c(CC(=O)NCC(=O)OCc3ccccc3)coc2c1. The van der Waals surface area contributed by atoms with Crippen LogP contribution in [0.25, 0.3) is 11.0 Å². The van der Waals surface area contributed by atoms with Gasteiger partial charge in [-0.25, -0.2) is 0 Å². The summed E-state index contributed by atoms with van der Waals surface area (Å²) < 4.78 is 10.7. The summed E-state index contributed by atoms with van der Waals surface area (Å²) in [5.74, 6) is -0.712. The smallest absolute Gasteiger partial charge is 0.325 e. The molecule has 5 nitrogen and oxygen atoms in total. The van der Waals surface area contributed by atoms with Gasteiger partial charge in [-0.3, -0.25) is 9.59 Å². The number of benzene rings is 2. The summed E-state index contributed by atoms with van der Waals surface area (Å²) in [7, 11) is 0. The van der Waals surface area contributed by atoms with Crippen molar-refractivity contribution in [2.75, 3.05) is 6.54 Å². The number of hydrogen-bond donors (Lipinski definition) is 1. The summed E-state index contributed by atoms with van der Waals surface area (Å²) in [6.45, 7) is 2.12. The van der Waals surface area contributed by atoms with Crippen LogP contribution >= 0.6 is 0 Å². The molecule has 0 fully saturated rings. The Labute approximate surface area is 152 Å². The third-order valence-corrected chi connectivity index (χ3v) is 4.15. The van der Waals surface area contributed by atoms with E-state index in [4.69, 9.17) is 9.15 Å². The van der Waals surface area contributed by atoms with Crippen LogP contribution in [0.1, 0.15) is 23.6 Å². The highest BCUT2D eigenvalue weighted by molar-refractivity contribution is 5.89. The number of nitrogens with one attached hydrogen (secondary N) is 1. The minimum Gasteiger partial charge on any atom is -0.464 e. The number of ether oxygens (including phenoxy) is 1. The van der Waals surface area contributed by atoms with E-state index in [2.05, 4.69) is 12.2 Å². The highest BCUT2D eigenvalue weighted by Gasteiger charge is 2.12. The number of rotatable bonds is 7. The average molecular weight is 351 g/mol. The maximum atomic E-state index is 12.1. The standard InChI is InChI=1S/C21H21NO4/c1-2-15-8-9-18-17(14-25-19(18)10-15)11-20(23)22-12-21(24)26-13-16-6-4-3-5-7-16/h3-10,14H,2,11-13H2,1H3,(H,22,23). The number of amides is 1. The fourth-order valence-electron chi connectivity index (χ4n) is 2.68. The maximum Gasteiger partial charge on any atom is 0.325 e. The molecule has 2 aromatic carbocycles. The molecule has 1 heterocycles. The lowest BCUT2D eigenvalue weighted by atomic mass is 10.1. The first-order chi connectivity index (χ1) is 12.7. The Morgan fingerprint density at radius 1 is 1.08 bits per heavy atom. The minimum absolute atomic E-state index is 0.151. The van der Waals surface area contributed by atoms with E-state index in [-0.39, 0.29) is 25.5 Å². The van der Waals surface area contributed by atoms with Crippen molar-refractivity contribution < 1.29 is 18.7 Å². The molecule has 0 bridgehead atoms. The van der Waals surface area contributed by atoms with Gasteiger partial charge in [-0.2, -0.15) is 0 Å². The van der Waals surface area contributed by atoms with Crippen LogP contribution in [-0.4, -0.2) is 18.4 Å². The number of carbonyl (C=O) groups excluding carboxylic acids is 2. The summed E-state index contributed by atoms with van der Waals surface area (Å²) in [4.78, 5) is 23.8. The van der Waals surface area contributed by atoms with Gasteiger partial charge >= 0.3 is 5.97 Å². The van der Waals surface area contributed by atoms with E-state index in [1.807, 2.05) is 48.5 Å². The van der Waals surface area contributed by atoms with Crippen LogP contribution in [0.5, 0.6) is 0 Å². The molecule has 0 unspecified atom stereocenters. The van der Waals surface area contributed by atoms with E-state index in [9.17, 15) is 9.59 Å². The summed E-state index contributed by atoms with van der Waals surface area (Å²) in [5.41, 5.74) is 3.67. The average Bonchev–Trinajstić information content (AvgIpc) is 3.07. The molecular formula is C21H21NO4. The van der Waals surface area contributed by atoms with Crippen LogP contribution in [0.3, 0.4) is 0 Å². The van der Waals surface area contributed by atoms with Crippen molar-refractivity contribution in [1.82, 2.24) is 5.32 Å². The van der Waals surface area contributed by atoms with Gasteiger partial charge in [0, 0.05) is 10.9 Å². The fourth-order valence-corrected chi connectivity index (χ4v) is 2.68. The van der Waals surface area contributed by atoms with Gasteiger partial charge in [0.15, 0.2) is 0 Å². The Balaban J connectivity index is 1.49. The zero-order chi connectivity index (χ0) is 18.4. The Hall–Kier alpha value is -3.08. The lowest BCUT2D eigenvalue weighted by molar-refractivity contribution is -0.145. The summed E-state index contributed by atoms with van der Waals surface area (Å²) >= 11 is 0. The lowest BCUT2D eigenvalue weighted by Gasteiger charge is -2.06. The van der Waals surface area contributed by atoms with E-state index in [1.54, 1.807) is 6.26 Å². The van der Waals surface area contributed by atoms with Gasteiger partial charge < -0.3 is 14.5 Å². The zero-order valence-corrected chi connectivity index (χ0v) is 14.7. The van der Waals surface area contributed by atoms with Gasteiger partial charge in [-0.1, -0.05) is 49.4 Å². The van der Waals surface area contributed by atoms with Crippen LogP contribution < -0.4 is 5.32 Å². The minimum atomic E-state index is -0.466. The van der Waals surface area contributed by atoms with Crippen molar-refractivity contribution in [2.24, 2.45) is 0 Å². The van der Waals surface area contributed by atoms with Gasteiger partial charge in [0.05, 0.1) is 12.7 Å². The fraction of sp³-hybridized carbons (Fsp3) is 0.238. The molecule has 3 aromatic rings. The Bertz CT molecular complexity index is 899. The van der Waals surface area contributed by atoms with E-state index in [0.717, 1.165) is 28.5 Å². The second kappa shape index (κ2) is 8.34. The summed E-state index contributed by atoms with van der Waals surface area (Å²) in [5, 5.41) is 3.51. The summed E-state index contributed by atoms with van der Waals surface area (Å²) in [6.07, 6.45) is 2.68. The molecule has 3 rings (SSSR count). The van der Waals surface area contributed by atoms with Crippen LogP contribution in [0.2, 0.25) is 0 Å². The van der Waals surface area contributed by atoms with Crippen LogP contribution in [0, 0.1) is 0 Å². The van der Waals surface area contributed by atoms with E-state index in [0.29, 0.717) is 0 Å².